The molecule has 0 saturated carbocycles. The summed E-state index contributed by atoms with van der Waals surface area (Å²) in [5, 5.41) is 11.2. The Kier molecular flexibility index (Phi) is 11.7. The fourth-order valence-electron chi connectivity index (χ4n) is 3.46. The van der Waals surface area contributed by atoms with E-state index in [4.69, 9.17) is 10.8 Å². The van der Waals surface area contributed by atoms with Crippen LogP contribution in [0.2, 0.25) is 0 Å². The van der Waals surface area contributed by atoms with Crippen LogP contribution in [0.1, 0.15) is 39.5 Å². The van der Waals surface area contributed by atoms with E-state index in [-0.39, 0.29) is 13.0 Å². The topological polar surface area (TPSA) is 104 Å². The molecule has 3 aromatic rings. The highest BCUT2D eigenvalue weighted by Crippen LogP contribution is 2.28. The maximum atomic E-state index is 10.8. The first-order valence-electron chi connectivity index (χ1n) is 11.6. The predicted molar refractivity (Wildman–Crippen MR) is 137 cm³/mol. The van der Waals surface area contributed by atoms with E-state index in [0.717, 1.165) is 19.3 Å². The van der Waals surface area contributed by atoms with Gasteiger partial charge in [-0.3, -0.25) is 4.79 Å². The third-order valence-corrected chi connectivity index (χ3v) is 4.94. The number of carbonyl (C=O) groups excluding carboxylic acids is 2. The number of rotatable bonds is 8. The van der Waals surface area contributed by atoms with E-state index < -0.39 is 18.2 Å². The predicted octanol–water partition coefficient (Wildman–Crippen LogP) is 4.39. The van der Waals surface area contributed by atoms with E-state index in [9.17, 15) is 9.59 Å². The van der Waals surface area contributed by atoms with Crippen LogP contribution in [-0.2, 0) is 20.8 Å². The Morgan fingerprint density at radius 2 is 1.60 bits per heavy atom. The standard InChI is InChI=1S/C21H19NO.C7H13NO4/c23-17-11-5-3-1-2-4-10-16-22-20-14-8-6-12-18(20)19-13-7-9-15-21(19)22;1-3-11-6(9)4-5(2)12-7(8)10/h6-9,12-15,23H,3,5,11,16-17H2;5H,3-4H2,1-2H3,(H2,8,10). The van der Waals surface area contributed by atoms with Gasteiger partial charge in [-0.2, -0.15) is 0 Å². The molecule has 184 valence electrons. The molecule has 1 amide bonds. The van der Waals surface area contributed by atoms with Crippen molar-refractivity contribution in [2.24, 2.45) is 5.73 Å². The van der Waals surface area contributed by atoms with Crippen LogP contribution in [0, 0.1) is 23.7 Å². The largest absolute Gasteiger partial charge is 0.466 e. The molecule has 0 bridgehead atoms. The van der Waals surface area contributed by atoms with E-state index >= 15 is 0 Å². The number of aliphatic hydroxyl groups is 1. The highest BCUT2D eigenvalue weighted by Gasteiger charge is 2.12. The van der Waals surface area contributed by atoms with E-state index in [0.29, 0.717) is 13.2 Å². The molecule has 1 atom stereocenters. The Hall–Kier alpha value is -3.94. The van der Waals surface area contributed by atoms with Gasteiger partial charge in [-0.05, 0) is 50.7 Å². The van der Waals surface area contributed by atoms with E-state index in [2.05, 4.69) is 86.3 Å². The normalized spacial score (nSPS) is 10.7. The van der Waals surface area contributed by atoms with Gasteiger partial charge in [0.05, 0.1) is 19.6 Å². The summed E-state index contributed by atoms with van der Waals surface area (Å²) in [7, 11) is 0. The third kappa shape index (κ3) is 9.08. The lowest BCUT2D eigenvalue weighted by molar-refractivity contribution is -0.145. The molecule has 7 heteroatoms. The number of amides is 1. The second kappa shape index (κ2) is 15.1. The fourth-order valence-corrected chi connectivity index (χ4v) is 3.46. The van der Waals surface area contributed by atoms with Gasteiger partial charge < -0.3 is 24.9 Å². The molecular weight excluding hydrogens is 444 g/mol. The quantitative estimate of drug-likeness (QED) is 0.285. The summed E-state index contributed by atoms with van der Waals surface area (Å²) in [4.78, 5) is 21.0. The minimum absolute atomic E-state index is 0.0385. The Bertz CT molecular complexity index is 1190. The average molecular weight is 477 g/mol. The molecule has 7 nitrogen and oxygen atoms in total. The Balaban J connectivity index is 0.000000307. The van der Waals surface area contributed by atoms with Gasteiger partial charge in [-0.25, -0.2) is 4.79 Å². The zero-order chi connectivity index (χ0) is 25.5. The average Bonchev–Trinajstić information content (AvgIpc) is 3.14. The van der Waals surface area contributed by atoms with Crippen molar-refractivity contribution in [3.63, 3.8) is 0 Å². The first kappa shape index (κ1) is 27.3. The molecule has 1 heterocycles. The van der Waals surface area contributed by atoms with Crippen molar-refractivity contribution in [3.8, 4) is 23.7 Å². The molecule has 0 saturated heterocycles. The van der Waals surface area contributed by atoms with Crippen molar-refractivity contribution in [3.05, 3.63) is 48.5 Å². The van der Waals surface area contributed by atoms with E-state index in [1.165, 1.54) is 21.8 Å². The summed E-state index contributed by atoms with van der Waals surface area (Å²) < 4.78 is 11.4. The smallest absolute Gasteiger partial charge is 0.404 e. The summed E-state index contributed by atoms with van der Waals surface area (Å²) in [5.74, 6) is 11.6. The summed E-state index contributed by atoms with van der Waals surface area (Å²) in [6.45, 7) is 4.47. The maximum absolute atomic E-state index is 10.8. The van der Waals surface area contributed by atoms with Crippen LogP contribution in [0.25, 0.3) is 21.8 Å². The van der Waals surface area contributed by atoms with Crippen LogP contribution < -0.4 is 5.73 Å². The minimum Gasteiger partial charge on any atom is -0.466 e. The molecule has 0 aliphatic heterocycles. The monoisotopic (exact) mass is 476 g/mol. The molecule has 0 aliphatic carbocycles. The minimum atomic E-state index is -0.883. The van der Waals surface area contributed by atoms with Crippen LogP contribution in [-0.4, -0.2) is 41.1 Å². The molecule has 1 aromatic heterocycles. The summed E-state index contributed by atoms with van der Waals surface area (Å²) in [6.07, 6.45) is 1.16. The molecule has 3 N–H and O–H groups in total. The zero-order valence-electron chi connectivity index (χ0n) is 20.3. The van der Waals surface area contributed by atoms with Gasteiger partial charge in [0.1, 0.15) is 6.10 Å². The highest BCUT2D eigenvalue weighted by molar-refractivity contribution is 6.08. The van der Waals surface area contributed by atoms with Crippen molar-refractivity contribution in [2.45, 2.75) is 52.2 Å². The second-order valence-corrected chi connectivity index (χ2v) is 7.66. The zero-order valence-corrected chi connectivity index (χ0v) is 20.3. The van der Waals surface area contributed by atoms with Gasteiger partial charge in [0.25, 0.3) is 0 Å². The number of aromatic nitrogens is 1. The molecular formula is C28H32N2O5. The molecule has 3 rings (SSSR count). The molecule has 1 unspecified atom stereocenters. The number of nitrogens with zero attached hydrogens (tertiary/aromatic N) is 1. The molecule has 0 aliphatic rings. The van der Waals surface area contributed by atoms with Crippen molar-refractivity contribution in [2.75, 3.05) is 13.2 Å². The van der Waals surface area contributed by atoms with Crippen LogP contribution in [0.3, 0.4) is 0 Å². The number of unbranched alkanes of at least 4 members (excludes halogenated alkanes) is 2. The lowest BCUT2D eigenvalue weighted by Gasteiger charge is -2.09. The summed E-state index contributed by atoms with van der Waals surface area (Å²) >= 11 is 0. The number of hydrogen-bond donors (Lipinski definition) is 2. The van der Waals surface area contributed by atoms with Gasteiger partial charge in [0, 0.05) is 34.8 Å². The van der Waals surface area contributed by atoms with Gasteiger partial charge in [-0.1, -0.05) is 48.2 Å². The lowest BCUT2D eigenvalue weighted by Crippen LogP contribution is -2.23. The molecule has 0 fully saturated rings. The number of fused-ring (bicyclic) bond motifs is 3. The van der Waals surface area contributed by atoms with Gasteiger partial charge in [0.15, 0.2) is 0 Å². The van der Waals surface area contributed by atoms with Gasteiger partial charge in [0.2, 0.25) is 0 Å². The van der Waals surface area contributed by atoms with Gasteiger partial charge in [-0.15, -0.1) is 0 Å². The first-order valence-corrected chi connectivity index (χ1v) is 11.6. The summed E-state index contributed by atoms with van der Waals surface area (Å²) in [6, 6.07) is 16.9. The number of benzene rings is 2. The molecule has 0 spiro atoms. The molecule has 35 heavy (non-hydrogen) atoms. The highest BCUT2D eigenvalue weighted by atomic mass is 16.6. The number of hydrogen-bond acceptors (Lipinski definition) is 5. The van der Waals surface area contributed by atoms with Crippen LogP contribution in [0.5, 0.6) is 0 Å². The van der Waals surface area contributed by atoms with E-state index in [1.807, 2.05) is 0 Å². The van der Waals surface area contributed by atoms with Gasteiger partial charge >= 0.3 is 12.1 Å². The SMILES string of the molecule is CCOC(=O)CC(C)OC(N)=O.OCCCCC#CC#CCn1c2ccccc2c2ccccc21. The Labute approximate surface area is 206 Å². The third-order valence-electron chi connectivity index (χ3n) is 4.94. The summed E-state index contributed by atoms with van der Waals surface area (Å²) in [5.41, 5.74) is 7.14. The Morgan fingerprint density at radius 1 is 1.00 bits per heavy atom. The van der Waals surface area contributed by atoms with Crippen LogP contribution in [0.15, 0.2) is 48.5 Å². The van der Waals surface area contributed by atoms with Crippen LogP contribution in [0.4, 0.5) is 4.79 Å². The second-order valence-electron chi connectivity index (χ2n) is 7.66. The van der Waals surface area contributed by atoms with Crippen molar-refractivity contribution in [1.29, 1.82) is 0 Å². The number of ether oxygens (including phenoxy) is 2. The number of primary amides is 1. The number of esters is 1. The maximum Gasteiger partial charge on any atom is 0.404 e. The first-order chi connectivity index (χ1) is 17.0. The number of para-hydroxylation sites is 2. The van der Waals surface area contributed by atoms with Crippen molar-refractivity contribution < 1.29 is 24.2 Å². The van der Waals surface area contributed by atoms with Crippen molar-refractivity contribution in [1.82, 2.24) is 4.57 Å². The van der Waals surface area contributed by atoms with E-state index in [1.54, 1.807) is 13.8 Å². The van der Waals surface area contributed by atoms with Crippen LogP contribution >= 0.6 is 0 Å². The number of nitrogens with two attached hydrogens (primary N) is 1. The van der Waals surface area contributed by atoms with Crippen molar-refractivity contribution >= 4 is 33.9 Å². The number of carbonyl (C=O) groups is 2. The number of aliphatic hydroxyl groups excluding tert-OH is 1. The lowest BCUT2D eigenvalue weighted by atomic mass is 10.2. The molecule has 2 aromatic carbocycles. The Morgan fingerprint density at radius 3 is 2.17 bits per heavy atom. The molecule has 0 radical (unpaired) electrons. The fraction of sp³-hybridized carbons (Fsp3) is 0.357.